The molecule has 1 aromatic heterocycles. The number of hydrogen-bond donors (Lipinski definition) is 1. The topological polar surface area (TPSA) is 55.1 Å². The number of halogens is 1. The fourth-order valence-corrected chi connectivity index (χ4v) is 3.28. The average Bonchev–Trinajstić information content (AvgIpc) is 2.92. The van der Waals surface area contributed by atoms with Crippen LogP contribution in [0.4, 0.5) is 0 Å². The number of imidazole rings is 1. The lowest BCUT2D eigenvalue weighted by Gasteiger charge is -2.12. The van der Waals surface area contributed by atoms with Crippen LogP contribution in [0.15, 0.2) is 54.6 Å². The molecule has 0 unspecified atom stereocenters. The molecule has 0 amide bonds. The minimum atomic E-state index is -0.925. The maximum atomic E-state index is 11.3. The molecule has 0 radical (unpaired) electrons. The summed E-state index contributed by atoms with van der Waals surface area (Å²) < 4.78 is 1.90. The first-order valence-corrected chi connectivity index (χ1v) is 9.06. The van der Waals surface area contributed by atoms with Gasteiger partial charge in [-0.25, -0.2) is 4.98 Å². The van der Waals surface area contributed by atoms with E-state index in [1.54, 1.807) is 0 Å². The van der Waals surface area contributed by atoms with E-state index in [-0.39, 0.29) is 11.6 Å². The van der Waals surface area contributed by atoms with Crippen LogP contribution in [0.25, 0.3) is 11.4 Å². The van der Waals surface area contributed by atoms with Gasteiger partial charge in [0.15, 0.2) is 5.15 Å². The van der Waals surface area contributed by atoms with Gasteiger partial charge in [-0.05, 0) is 17.5 Å². The Balaban J connectivity index is 2.04. The monoisotopic (exact) mass is 368 g/mol. The van der Waals surface area contributed by atoms with Crippen molar-refractivity contribution in [2.24, 2.45) is 0 Å². The van der Waals surface area contributed by atoms with Gasteiger partial charge >= 0.3 is 5.97 Å². The van der Waals surface area contributed by atoms with Gasteiger partial charge < -0.3 is 9.67 Å². The largest absolute Gasteiger partial charge is 0.481 e. The van der Waals surface area contributed by atoms with Gasteiger partial charge in [-0.2, -0.15) is 0 Å². The Hall–Kier alpha value is -2.59. The van der Waals surface area contributed by atoms with Crippen LogP contribution in [0.1, 0.15) is 30.2 Å². The molecule has 0 fully saturated rings. The van der Waals surface area contributed by atoms with Crippen molar-refractivity contribution in [2.75, 3.05) is 0 Å². The number of nitrogens with zero attached hydrogens (tertiary/aromatic N) is 2. The molecule has 5 heteroatoms. The first kappa shape index (κ1) is 18.2. The van der Waals surface area contributed by atoms with E-state index < -0.39 is 5.97 Å². The van der Waals surface area contributed by atoms with Gasteiger partial charge in [0, 0.05) is 12.1 Å². The Labute approximate surface area is 158 Å². The van der Waals surface area contributed by atoms with Crippen LogP contribution in [0.2, 0.25) is 5.15 Å². The first-order chi connectivity index (χ1) is 12.6. The molecule has 0 saturated carbocycles. The highest BCUT2D eigenvalue weighted by Gasteiger charge is 2.19. The minimum Gasteiger partial charge on any atom is -0.481 e. The van der Waals surface area contributed by atoms with Crippen LogP contribution >= 0.6 is 11.6 Å². The number of carbonyl (C=O) groups is 1. The summed E-state index contributed by atoms with van der Waals surface area (Å²) in [5.41, 5.74) is 3.79. The number of benzene rings is 2. The van der Waals surface area contributed by atoms with Crippen molar-refractivity contribution >= 4 is 17.6 Å². The second kappa shape index (κ2) is 8.19. The summed E-state index contributed by atoms with van der Waals surface area (Å²) >= 11 is 6.30. The molecular formula is C21H21ClN2O2. The van der Waals surface area contributed by atoms with E-state index in [0.717, 1.165) is 24.0 Å². The van der Waals surface area contributed by atoms with E-state index in [2.05, 4.69) is 24.0 Å². The van der Waals surface area contributed by atoms with Crippen molar-refractivity contribution in [1.29, 1.82) is 0 Å². The second-order valence-electron chi connectivity index (χ2n) is 6.26. The Morgan fingerprint density at radius 1 is 1.08 bits per heavy atom. The number of aryl methyl sites for hydroxylation is 1. The first-order valence-electron chi connectivity index (χ1n) is 8.68. The molecule has 4 nitrogen and oxygen atoms in total. The molecule has 3 rings (SSSR count). The molecule has 1 heterocycles. The van der Waals surface area contributed by atoms with Crippen molar-refractivity contribution in [1.82, 2.24) is 9.55 Å². The molecule has 0 saturated heterocycles. The Morgan fingerprint density at radius 2 is 1.77 bits per heavy atom. The minimum absolute atomic E-state index is 0.160. The third-order valence-electron chi connectivity index (χ3n) is 4.28. The molecule has 3 aromatic rings. The number of aromatic nitrogens is 2. The highest BCUT2D eigenvalue weighted by Crippen LogP contribution is 2.27. The van der Waals surface area contributed by atoms with Crippen molar-refractivity contribution in [3.05, 3.63) is 76.6 Å². The third-order valence-corrected chi connectivity index (χ3v) is 4.58. The maximum absolute atomic E-state index is 11.3. The quantitative estimate of drug-likeness (QED) is 0.649. The zero-order chi connectivity index (χ0) is 18.5. The number of rotatable bonds is 7. The predicted octanol–water partition coefficient (Wildman–Crippen LogP) is 4.83. The van der Waals surface area contributed by atoms with Crippen molar-refractivity contribution < 1.29 is 9.90 Å². The highest BCUT2D eigenvalue weighted by atomic mass is 35.5. The number of hydrogen-bond acceptors (Lipinski definition) is 2. The molecule has 0 atom stereocenters. The van der Waals surface area contributed by atoms with Crippen molar-refractivity contribution in [3.8, 4) is 11.4 Å². The summed E-state index contributed by atoms with van der Waals surface area (Å²) in [7, 11) is 0. The van der Waals surface area contributed by atoms with Crippen LogP contribution < -0.4 is 0 Å². The standard InChI is InChI=1S/C21H21ClN2O2/c1-2-6-15-9-11-17(12-10-15)21-23-20(22)18(13-19(25)26)24(21)14-16-7-4-3-5-8-16/h3-5,7-12H,2,6,13-14H2,1H3,(H,25,26). The fourth-order valence-electron chi connectivity index (χ4n) is 3.03. The molecule has 26 heavy (non-hydrogen) atoms. The van der Waals surface area contributed by atoms with Gasteiger partial charge in [-0.1, -0.05) is 79.5 Å². The van der Waals surface area contributed by atoms with Crippen LogP contribution in [0.3, 0.4) is 0 Å². The molecule has 0 aliphatic carbocycles. The number of carboxylic acids is 1. The summed E-state index contributed by atoms with van der Waals surface area (Å²) in [6.07, 6.45) is 1.97. The Kier molecular flexibility index (Phi) is 5.74. The van der Waals surface area contributed by atoms with Crippen molar-refractivity contribution in [3.63, 3.8) is 0 Å². The van der Waals surface area contributed by atoms with E-state index in [0.29, 0.717) is 18.1 Å². The number of carboxylic acid groups (broad SMARTS) is 1. The van der Waals surface area contributed by atoms with Crippen LogP contribution in [-0.4, -0.2) is 20.6 Å². The summed E-state index contributed by atoms with van der Waals surface area (Å²) in [6, 6.07) is 18.1. The van der Waals surface area contributed by atoms with Crippen LogP contribution in [0.5, 0.6) is 0 Å². The Bertz CT molecular complexity index is 886. The summed E-state index contributed by atoms with van der Waals surface area (Å²) in [5, 5.41) is 9.50. The lowest BCUT2D eigenvalue weighted by Crippen LogP contribution is -2.11. The SMILES string of the molecule is CCCc1ccc(-c2nc(Cl)c(CC(=O)O)n2Cc2ccccc2)cc1. The van der Waals surface area contributed by atoms with Crippen LogP contribution in [0, 0.1) is 0 Å². The molecule has 2 aromatic carbocycles. The normalized spacial score (nSPS) is 10.8. The molecule has 0 aliphatic heterocycles. The number of aliphatic carboxylic acids is 1. The fraction of sp³-hybridized carbons (Fsp3) is 0.238. The van der Waals surface area contributed by atoms with E-state index in [1.165, 1.54) is 5.56 Å². The molecule has 1 N–H and O–H groups in total. The van der Waals surface area contributed by atoms with Gasteiger partial charge in [-0.3, -0.25) is 4.79 Å². The molecule has 0 bridgehead atoms. The van der Waals surface area contributed by atoms with Gasteiger partial charge in [-0.15, -0.1) is 0 Å². The molecule has 0 aliphatic rings. The molecule has 0 spiro atoms. The zero-order valence-corrected chi connectivity index (χ0v) is 15.4. The van der Waals surface area contributed by atoms with E-state index in [4.69, 9.17) is 11.6 Å². The van der Waals surface area contributed by atoms with Crippen LogP contribution in [-0.2, 0) is 24.2 Å². The van der Waals surface area contributed by atoms with Gasteiger partial charge in [0.2, 0.25) is 0 Å². The third kappa shape index (κ3) is 4.14. The average molecular weight is 369 g/mol. The zero-order valence-electron chi connectivity index (χ0n) is 14.7. The predicted molar refractivity (Wildman–Crippen MR) is 104 cm³/mol. The molecular weight excluding hydrogens is 348 g/mol. The van der Waals surface area contributed by atoms with Gasteiger partial charge in [0.05, 0.1) is 12.1 Å². The van der Waals surface area contributed by atoms with Gasteiger partial charge in [0.25, 0.3) is 0 Å². The summed E-state index contributed by atoms with van der Waals surface area (Å²) in [4.78, 5) is 15.8. The molecule has 134 valence electrons. The second-order valence-corrected chi connectivity index (χ2v) is 6.62. The lowest BCUT2D eigenvalue weighted by atomic mass is 10.1. The smallest absolute Gasteiger partial charge is 0.309 e. The highest BCUT2D eigenvalue weighted by molar-refractivity contribution is 6.30. The van der Waals surface area contributed by atoms with Crippen molar-refractivity contribution in [2.45, 2.75) is 32.7 Å². The maximum Gasteiger partial charge on any atom is 0.309 e. The van der Waals surface area contributed by atoms with Gasteiger partial charge in [0.1, 0.15) is 5.82 Å². The summed E-state index contributed by atoms with van der Waals surface area (Å²) in [6.45, 7) is 2.67. The van der Waals surface area contributed by atoms with E-state index >= 15 is 0 Å². The Morgan fingerprint density at radius 3 is 2.38 bits per heavy atom. The lowest BCUT2D eigenvalue weighted by molar-refractivity contribution is -0.136. The van der Waals surface area contributed by atoms with E-state index in [1.807, 2.05) is 47.0 Å². The van der Waals surface area contributed by atoms with E-state index in [9.17, 15) is 9.90 Å². The summed E-state index contributed by atoms with van der Waals surface area (Å²) in [5.74, 6) is -0.232.